The molecule has 0 amide bonds. The van der Waals surface area contributed by atoms with Crippen LogP contribution in [0.1, 0.15) is 42.5 Å². The number of halogens is 1. The van der Waals surface area contributed by atoms with Crippen LogP contribution < -0.4 is 0 Å². The summed E-state index contributed by atoms with van der Waals surface area (Å²) in [5.74, 6) is 1.52. The normalized spacial score (nSPS) is 24.0. The highest BCUT2D eigenvalue weighted by atomic mass is 35.5. The van der Waals surface area contributed by atoms with Crippen molar-refractivity contribution in [2.75, 3.05) is 0 Å². The molecule has 2 atom stereocenters. The van der Waals surface area contributed by atoms with Gasteiger partial charge in [-0.1, -0.05) is 49.7 Å². The number of rotatable bonds is 0. The molecule has 0 bridgehead atoms. The van der Waals surface area contributed by atoms with Gasteiger partial charge in [-0.25, -0.2) is 0 Å². The van der Waals surface area contributed by atoms with Gasteiger partial charge >= 0.3 is 0 Å². The molecule has 2 aliphatic carbocycles. The Balaban J connectivity index is 2.03. The lowest BCUT2D eigenvalue weighted by Gasteiger charge is -2.30. The molecule has 4 rings (SSSR count). The molecule has 0 aromatic heterocycles. The van der Waals surface area contributed by atoms with E-state index in [4.69, 9.17) is 11.6 Å². The van der Waals surface area contributed by atoms with Gasteiger partial charge in [-0.2, -0.15) is 0 Å². The number of aryl methyl sites for hydroxylation is 1. The Labute approximate surface area is 131 Å². The predicted octanol–water partition coefficient (Wildman–Crippen LogP) is 5.82. The summed E-state index contributed by atoms with van der Waals surface area (Å²) in [6.45, 7) is 4.75. The van der Waals surface area contributed by atoms with Gasteiger partial charge in [-0.3, -0.25) is 0 Å². The summed E-state index contributed by atoms with van der Waals surface area (Å²) in [6.07, 6.45) is 9.14. The van der Waals surface area contributed by atoms with Crippen molar-refractivity contribution in [2.24, 2.45) is 11.8 Å². The van der Waals surface area contributed by atoms with Crippen molar-refractivity contribution in [3.8, 4) is 0 Å². The van der Waals surface area contributed by atoms with Gasteiger partial charge in [0, 0.05) is 10.4 Å². The fraction of sp³-hybridized carbons (Fsp3) is 0.400. The Morgan fingerprint density at radius 2 is 1.86 bits per heavy atom. The first-order chi connectivity index (χ1) is 10.1. The van der Waals surface area contributed by atoms with Crippen molar-refractivity contribution in [3.05, 3.63) is 51.6 Å². The van der Waals surface area contributed by atoms with Crippen LogP contribution in [0.3, 0.4) is 0 Å². The van der Waals surface area contributed by atoms with Crippen molar-refractivity contribution in [2.45, 2.75) is 39.5 Å². The summed E-state index contributed by atoms with van der Waals surface area (Å²) in [6, 6.07) is 6.85. The summed E-state index contributed by atoms with van der Waals surface area (Å²) in [4.78, 5) is 0. The van der Waals surface area contributed by atoms with E-state index in [1.54, 1.807) is 0 Å². The number of hydrogen-bond donors (Lipinski definition) is 0. The molecule has 2 aromatic carbocycles. The van der Waals surface area contributed by atoms with Gasteiger partial charge in [0.1, 0.15) is 0 Å². The molecule has 2 aromatic rings. The molecule has 108 valence electrons. The van der Waals surface area contributed by atoms with Crippen LogP contribution >= 0.6 is 11.6 Å². The first kappa shape index (κ1) is 13.4. The Kier molecular flexibility index (Phi) is 3.11. The highest BCUT2D eigenvalue weighted by Gasteiger charge is 2.25. The van der Waals surface area contributed by atoms with Gasteiger partial charge in [0.05, 0.1) is 0 Å². The summed E-state index contributed by atoms with van der Waals surface area (Å²) < 4.78 is 0. The Hall–Kier alpha value is -1.27. The van der Waals surface area contributed by atoms with E-state index in [1.807, 2.05) is 0 Å². The molecule has 0 saturated carbocycles. The van der Waals surface area contributed by atoms with E-state index in [2.05, 4.69) is 44.2 Å². The summed E-state index contributed by atoms with van der Waals surface area (Å²) in [7, 11) is 0. The smallest absolute Gasteiger partial charge is 0.0493 e. The van der Waals surface area contributed by atoms with Crippen LogP contribution in [-0.2, 0) is 19.3 Å². The van der Waals surface area contributed by atoms with Gasteiger partial charge in [0.2, 0.25) is 0 Å². The fourth-order valence-electron chi connectivity index (χ4n) is 4.03. The van der Waals surface area contributed by atoms with Crippen LogP contribution in [0.15, 0.2) is 24.3 Å². The van der Waals surface area contributed by atoms with E-state index in [9.17, 15) is 0 Å². The van der Waals surface area contributed by atoms with Crippen LogP contribution in [0, 0.1) is 11.8 Å². The lowest BCUT2D eigenvalue weighted by molar-refractivity contribution is 0.362. The van der Waals surface area contributed by atoms with Crippen LogP contribution in [0.4, 0.5) is 0 Å². The Morgan fingerprint density at radius 1 is 1.05 bits per heavy atom. The topological polar surface area (TPSA) is 0 Å². The number of hydrogen-bond acceptors (Lipinski definition) is 0. The minimum Gasteiger partial charge on any atom is -0.0836 e. The van der Waals surface area contributed by atoms with E-state index in [1.165, 1.54) is 45.9 Å². The standard InChI is InChI=1S/C20H21Cl/c1-12-9-15-7-8-17-16-6-4-3-5-14(16)11-19(21)20(17)18(15)10-13(12)2/h3,5,7-8,11-13H,4,6,9-10H2,1-2H3. The predicted molar refractivity (Wildman–Crippen MR) is 92.0 cm³/mol. The quantitative estimate of drug-likeness (QED) is 0.574. The summed E-state index contributed by atoms with van der Waals surface area (Å²) >= 11 is 6.68. The molecule has 0 nitrogen and oxygen atoms in total. The molecule has 2 aliphatic rings. The van der Waals surface area contributed by atoms with Crippen molar-refractivity contribution in [1.29, 1.82) is 0 Å². The zero-order valence-corrected chi connectivity index (χ0v) is 13.5. The molecule has 0 spiro atoms. The molecular weight excluding hydrogens is 276 g/mol. The van der Waals surface area contributed by atoms with Gasteiger partial charge in [0.15, 0.2) is 0 Å². The SMILES string of the molecule is CC1Cc2ccc3c4c(cc(Cl)c3c2CC1C)C=CCC4. The molecule has 21 heavy (non-hydrogen) atoms. The maximum atomic E-state index is 6.68. The van der Waals surface area contributed by atoms with Gasteiger partial charge in [-0.15, -0.1) is 0 Å². The van der Waals surface area contributed by atoms with Gasteiger partial charge in [-0.05, 0) is 71.2 Å². The number of allylic oxidation sites excluding steroid dienone is 1. The number of benzene rings is 2. The first-order valence-corrected chi connectivity index (χ1v) is 8.45. The van der Waals surface area contributed by atoms with E-state index in [0.717, 1.165) is 29.7 Å². The number of fused-ring (bicyclic) bond motifs is 5. The van der Waals surface area contributed by atoms with E-state index in [-0.39, 0.29) is 0 Å². The zero-order chi connectivity index (χ0) is 14.6. The van der Waals surface area contributed by atoms with Gasteiger partial charge in [0.25, 0.3) is 0 Å². The second-order valence-electron chi connectivity index (χ2n) is 6.86. The largest absolute Gasteiger partial charge is 0.0836 e. The second kappa shape index (κ2) is 4.88. The van der Waals surface area contributed by atoms with Crippen molar-refractivity contribution in [1.82, 2.24) is 0 Å². The molecule has 1 heteroatoms. The van der Waals surface area contributed by atoms with Crippen molar-refractivity contribution >= 4 is 28.4 Å². The summed E-state index contributed by atoms with van der Waals surface area (Å²) in [5.41, 5.74) is 5.84. The zero-order valence-electron chi connectivity index (χ0n) is 12.7. The third kappa shape index (κ3) is 2.04. The lowest BCUT2D eigenvalue weighted by atomic mass is 9.75. The minimum atomic E-state index is 0.745. The average Bonchev–Trinajstić information content (AvgIpc) is 2.48. The van der Waals surface area contributed by atoms with E-state index >= 15 is 0 Å². The molecule has 0 fully saturated rings. The van der Waals surface area contributed by atoms with Crippen LogP contribution in [0.2, 0.25) is 5.02 Å². The Bertz CT molecular complexity index is 754. The maximum Gasteiger partial charge on any atom is 0.0493 e. The molecule has 0 N–H and O–H groups in total. The van der Waals surface area contributed by atoms with Crippen LogP contribution in [0.25, 0.3) is 16.8 Å². The Morgan fingerprint density at radius 3 is 2.71 bits per heavy atom. The monoisotopic (exact) mass is 296 g/mol. The van der Waals surface area contributed by atoms with E-state index in [0.29, 0.717) is 0 Å². The average molecular weight is 297 g/mol. The highest BCUT2D eigenvalue weighted by molar-refractivity contribution is 6.36. The van der Waals surface area contributed by atoms with Crippen LogP contribution in [-0.4, -0.2) is 0 Å². The fourth-order valence-corrected chi connectivity index (χ4v) is 4.36. The van der Waals surface area contributed by atoms with E-state index < -0.39 is 0 Å². The highest BCUT2D eigenvalue weighted by Crippen LogP contribution is 2.40. The van der Waals surface area contributed by atoms with Crippen molar-refractivity contribution < 1.29 is 0 Å². The van der Waals surface area contributed by atoms with Crippen molar-refractivity contribution in [3.63, 3.8) is 0 Å². The molecule has 0 aliphatic heterocycles. The molecule has 2 unspecified atom stereocenters. The molecule has 0 radical (unpaired) electrons. The third-order valence-corrected chi connectivity index (χ3v) is 5.80. The van der Waals surface area contributed by atoms with Gasteiger partial charge < -0.3 is 0 Å². The third-order valence-electron chi connectivity index (χ3n) is 5.50. The second-order valence-corrected chi connectivity index (χ2v) is 7.26. The van der Waals surface area contributed by atoms with Crippen LogP contribution in [0.5, 0.6) is 0 Å². The molecular formula is C20H21Cl. The maximum absolute atomic E-state index is 6.68. The molecule has 0 saturated heterocycles. The lowest BCUT2D eigenvalue weighted by Crippen LogP contribution is -2.21. The summed E-state index contributed by atoms with van der Waals surface area (Å²) in [5, 5.41) is 3.67. The first-order valence-electron chi connectivity index (χ1n) is 8.07. The molecule has 0 heterocycles. The minimum absolute atomic E-state index is 0.745.